The third-order valence-corrected chi connectivity index (χ3v) is 6.18. The molecule has 0 bridgehead atoms. The van der Waals surface area contributed by atoms with Crippen molar-refractivity contribution in [2.24, 2.45) is 0 Å². The van der Waals surface area contributed by atoms with Crippen LogP contribution in [0.3, 0.4) is 0 Å². The van der Waals surface area contributed by atoms with Gasteiger partial charge in [-0.1, -0.05) is 48.5 Å². The Balaban J connectivity index is 1.41. The van der Waals surface area contributed by atoms with Crippen LogP contribution < -0.4 is 10.8 Å². The fraction of sp³-hybridized carbons (Fsp3) is 0.160. The van der Waals surface area contributed by atoms with Crippen LogP contribution in [0.4, 0.5) is 10.5 Å². The molecule has 3 aromatic rings. The molecule has 0 saturated heterocycles. The Morgan fingerprint density at radius 3 is 2.24 bits per heavy atom. The number of anilines is 1. The minimum absolute atomic E-state index is 0.0768. The molecule has 0 spiro atoms. The number of rotatable bonds is 7. The lowest BCUT2D eigenvalue weighted by Gasteiger charge is -2.15. The molecule has 1 aliphatic carbocycles. The Hall–Kier alpha value is -3.69. The average Bonchev–Trinajstić information content (AvgIpc) is 3.16. The number of carboxylic acids is 1. The van der Waals surface area contributed by atoms with Gasteiger partial charge >= 0.3 is 12.1 Å². The fourth-order valence-corrected chi connectivity index (χ4v) is 4.10. The fourth-order valence-electron chi connectivity index (χ4n) is 3.76. The highest BCUT2D eigenvalue weighted by Crippen LogP contribution is 2.44. The average molecular weight is 525 g/mol. The number of nitrogens with one attached hydrogen (secondary N) is 2. The molecule has 0 radical (unpaired) electrons. The van der Waals surface area contributed by atoms with E-state index in [4.69, 9.17) is 14.7 Å². The van der Waals surface area contributed by atoms with E-state index in [0.29, 0.717) is 10.2 Å². The summed E-state index contributed by atoms with van der Waals surface area (Å²) in [6, 6.07) is 20.6. The number of amides is 2. The number of benzene rings is 3. The number of aliphatic carboxylic acids is 1. The Labute approximate surface area is 204 Å². The summed E-state index contributed by atoms with van der Waals surface area (Å²) in [5.41, 5.74) is 7.03. The third kappa shape index (κ3) is 4.95. The normalized spacial score (nSPS) is 12.9. The quantitative estimate of drug-likeness (QED) is 0.377. The maximum absolute atomic E-state index is 12.6. The predicted molar refractivity (Wildman–Crippen MR) is 128 cm³/mol. The topological polar surface area (TPSA) is 114 Å². The van der Waals surface area contributed by atoms with Crippen LogP contribution in [0.5, 0.6) is 0 Å². The molecule has 2 amide bonds. The zero-order valence-electron chi connectivity index (χ0n) is 18.1. The van der Waals surface area contributed by atoms with E-state index in [9.17, 15) is 14.4 Å². The van der Waals surface area contributed by atoms with Crippen LogP contribution >= 0.6 is 15.9 Å². The van der Waals surface area contributed by atoms with Gasteiger partial charge in [-0.3, -0.25) is 14.9 Å². The van der Waals surface area contributed by atoms with E-state index >= 15 is 0 Å². The number of carboxylic acid groups (broad SMARTS) is 1. The van der Waals surface area contributed by atoms with Gasteiger partial charge in [0, 0.05) is 16.0 Å². The van der Waals surface area contributed by atoms with Gasteiger partial charge in [-0.15, -0.1) is 0 Å². The molecule has 1 aliphatic rings. The van der Waals surface area contributed by atoms with Crippen LogP contribution in [0, 0.1) is 0 Å². The van der Waals surface area contributed by atoms with Crippen molar-refractivity contribution >= 4 is 39.6 Å². The smallest absolute Gasteiger partial charge is 0.411 e. The molecule has 1 atom stereocenters. The van der Waals surface area contributed by atoms with E-state index in [2.05, 4.69) is 38.9 Å². The molecule has 0 saturated carbocycles. The lowest BCUT2D eigenvalue weighted by Crippen LogP contribution is -2.32. The zero-order chi connectivity index (χ0) is 24.2. The molecule has 4 rings (SSSR count). The van der Waals surface area contributed by atoms with Gasteiger partial charge < -0.3 is 9.84 Å². The van der Waals surface area contributed by atoms with Crippen LogP contribution in [-0.2, 0) is 14.4 Å². The standard InChI is InChI=1S/C25H21BrN2O6/c1-14(24(30)31)34-28-23(29)15-10-11-21(26)22(12-15)27-25(32)33-13-20-18-8-4-2-6-16(18)17-7-3-5-9-19(17)20/h2-12,14,20H,13H2,1H3,(H,27,32)(H,28,29)(H,30,31). The molecule has 3 aromatic carbocycles. The second-order valence-electron chi connectivity index (χ2n) is 7.67. The van der Waals surface area contributed by atoms with Crippen molar-refractivity contribution in [3.8, 4) is 11.1 Å². The van der Waals surface area contributed by atoms with Gasteiger partial charge in [-0.05, 0) is 63.3 Å². The number of halogens is 1. The van der Waals surface area contributed by atoms with Gasteiger partial charge in [0.2, 0.25) is 0 Å². The number of ether oxygens (including phenoxy) is 1. The first-order chi connectivity index (χ1) is 16.3. The van der Waals surface area contributed by atoms with Gasteiger partial charge in [-0.2, -0.15) is 0 Å². The van der Waals surface area contributed by atoms with Crippen LogP contribution in [0.15, 0.2) is 71.2 Å². The zero-order valence-corrected chi connectivity index (χ0v) is 19.7. The van der Waals surface area contributed by atoms with Crippen molar-refractivity contribution in [3.05, 3.63) is 87.9 Å². The highest BCUT2D eigenvalue weighted by Gasteiger charge is 2.29. The number of fused-ring (bicyclic) bond motifs is 3. The summed E-state index contributed by atoms with van der Waals surface area (Å²) < 4.78 is 6.08. The second kappa shape index (κ2) is 10.1. The van der Waals surface area contributed by atoms with Crippen molar-refractivity contribution in [3.63, 3.8) is 0 Å². The summed E-state index contributed by atoms with van der Waals surface area (Å²) in [4.78, 5) is 40.5. The summed E-state index contributed by atoms with van der Waals surface area (Å²) >= 11 is 3.34. The van der Waals surface area contributed by atoms with Crippen LogP contribution in [0.2, 0.25) is 0 Å². The van der Waals surface area contributed by atoms with E-state index in [-0.39, 0.29) is 18.1 Å². The molecule has 0 aromatic heterocycles. The van der Waals surface area contributed by atoms with Crippen molar-refractivity contribution in [1.82, 2.24) is 5.48 Å². The van der Waals surface area contributed by atoms with E-state index in [0.717, 1.165) is 22.3 Å². The summed E-state index contributed by atoms with van der Waals surface area (Å²) in [6.07, 6.45) is -1.88. The number of hydrogen-bond donors (Lipinski definition) is 3. The Kier molecular flexibility index (Phi) is 6.95. The molecule has 9 heteroatoms. The first-order valence-corrected chi connectivity index (χ1v) is 11.2. The molecule has 34 heavy (non-hydrogen) atoms. The largest absolute Gasteiger partial charge is 0.479 e. The van der Waals surface area contributed by atoms with Crippen LogP contribution in [0.25, 0.3) is 11.1 Å². The number of hydroxylamine groups is 1. The molecular formula is C25H21BrN2O6. The first kappa shape index (κ1) is 23.5. The Morgan fingerprint density at radius 2 is 1.62 bits per heavy atom. The van der Waals surface area contributed by atoms with E-state index in [1.54, 1.807) is 6.07 Å². The maximum atomic E-state index is 12.6. The van der Waals surface area contributed by atoms with Gasteiger partial charge in [0.05, 0.1) is 5.69 Å². The molecule has 0 aliphatic heterocycles. The Morgan fingerprint density at radius 1 is 1.00 bits per heavy atom. The number of carbonyl (C=O) groups excluding carboxylic acids is 2. The molecule has 0 heterocycles. The van der Waals surface area contributed by atoms with Gasteiger partial charge in [-0.25, -0.2) is 15.1 Å². The lowest BCUT2D eigenvalue weighted by molar-refractivity contribution is -0.152. The van der Waals surface area contributed by atoms with E-state index < -0.39 is 24.1 Å². The van der Waals surface area contributed by atoms with E-state index in [1.165, 1.54) is 19.1 Å². The summed E-state index contributed by atoms with van der Waals surface area (Å²) in [6.45, 7) is 1.44. The van der Waals surface area contributed by atoms with Gasteiger partial charge in [0.1, 0.15) is 6.61 Å². The van der Waals surface area contributed by atoms with Crippen molar-refractivity contribution in [2.45, 2.75) is 18.9 Å². The molecule has 8 nitrogen and oxygen atoms in total. The predicted octanol–water partition coefficient (Wildman–Crippen LogP) is 4.94. The van der Waals surface area contributed by atoms with Crippen molar-refractivity contribution in [1.29, 1.82) is 0 Å². The Bertz CT molecular complexity index is 1220. The highest BCUT2D eigenvalue weighted by molar-refractivity contribution is 9.10. The maximum Gasteiger partial charge on any atom is 0.411 e. The van der Waals surface area contributed by atoms with Gasteiger partial charge in [0.25, 0.3) is 5.91 Å². The minimum Gasteiger partial charge on any atom is -0.479 e. The molecule has 0 fully saturated rings. The molecule has 3 N–H and O–H groups in total. The number of carbonyl (C=O) groups is 3. The van der Waals surface area contributed by atoms with Crippen molar-refractivity contribution in [2.75, 3.05) is 11.9 Å². The molecule has 1 unspecified atom stereocenters. The third-order valence-electron chi connectivity index (χ3n) is 5.49. The van der Waals surface area contributed by atoms with Crippen LogP contribution in [-0.4, -0.2) is 35.8 Å². The second-order valence-corrected chi connectivity index (χ2v) is 8.53. The molecule has 174 valence electrons. The SMILES string of the molecule is CC(ONC(=O)c1ccc(Br)c(NC(=O)OCC2c3ccccc3-c3ccccc32)c1)C(=O)O. The number of hydrogen-bond acceptors (Lipinski definition) is 5. The molecular weight excluding hydrogens is 504 g/mol. The van der Waals surface area contributed by atoms with Crippen molar-refractivity contribution < 1.29 is 29.1 Å². The van der Waals surface area contributed by atoms with Crippen LogP contribution in [0.1, 0.15) is 34.3 Å². The van der Waals surface area contributed by atoms with Gasteiger partial charge in [0.15, 0.2) is 6.10 Å². The summed E-state index contributed by atoms with van der Waals surface area (Å²) in [7, 11) is 0. The highest BCUT2D eigenvalue weighted by atomic mass is 79.9. The monoisotopic (exact) mass is 524 g/mol. The van der Waals surface area contributed by atoms with E-state index in [1.807, 2.05) is 36.4 Å². The summed E-state index contributed by atoms with van der Waals surface area (Å²) in [5.74, 6) is -1.95. The minimum atomic E-state index is -1.21. The lowest BCUT2D eigenvalue weighted by atomic mass is 9.98. The summed E-state index contributed by atoms with van der Waals surface area (Å²) in [5, 5.41) is 11.5. The first-order valence-electron chi connectivity index (χ1n) is 10.5.